The van der Waals surface area contributed by atoms with Crippen LogP contribution in [-0.4, -0.2) is 54.1 Å². The van der Waals surface area contributed by atoms with E-state index in [-0.39, 0.29) is 12.5 Å². The summed E-state index contributed by atoms with van der Waals surface area (Å²) in [6.07, 6.45) is 1.68. The van der Waals surface area contributed by atoms with Crippen LogP contribution in [0.3, 0.4) is 0 Å². The van der Waals surface area contributed by atoms with E-state index in [1.807, 2.05) is 30.3 Å². The molecule has 0 spiro atoms. The fourth-order valence-electron chi connectivity index (χ4n) is 2.93. The van der Waals surface area contributed by atoms with Gasteiger partial charge in [0.1, 0.15) is 5.82 Å². The minimum atomic E-state index is -0.134. The van der Waals surface area contributed by atoms with Gasteiger partial charge in [-0.15, -0.1) is 0 Å². The minimum Gasteiger partial charge on any atom is -0.392 e. The molecule has 1 amide bonds. The molecule has 1 aliphatic rings. The third kappa shape index (κ3) is 4.35. The van der Waals surface area contributed by atoms with Crippen molar-refractivity contribution in [1.82, 2.24) is 15.2 Å². The van der Waals surface area contributed by atoms with Crippen molar-refractivity contribution in [3.63, 3.8) is 0 Å². The van der Waals surface area contributed by atoms with Crippen LogP contribution in [0.5, 0.6) is 0 Å². The van der Waals surface area contributed by atoms with Crippen LogP contribution in [0.4, 0.5) is 5.82 Å². The molecular weight excluding hydrogens is 316 g/mol. The highest BCUT2D eigenvalue weighted by atomic mass is 16.3. The normalized spacial score (nSPS) is 15.2. The van der Waals surface area contributed by atoms with Gasteiger partial charge >= 0.3 is 0 Å². The second kappa shape index (κ2) is 8.09. The number of nitrogens with zero attached hydrogens (tertiary/aromatic N) is 3. The summed E-state index contributed by atoms with van der Waals surface area (Å²) in [6, 6.07) is 11.1. The first kappa shape index (κ1) is 17.4. The molecule has 0 unspecified atom stereocenters. The van der Waals surface area contributed by atoms with Crippen molar-refractivity contribution in [3.05, 3.63) is 59.3 Å². The van der Waals surface area contributed by atoms with E-state index >= 15 is 0 Å². The Labute approximate surface area is 148 Å². The molecule has 2 heterocycles. The maximum Gasteiger partial charge on any atom is 0.251 e. The van der Waals surface area contributed by atoms with E-state index in [0.29, 0.717) is 12.1 Å². The lowest BCUT2D eigenvalue weighted by Crippen LogP contribution is -2.44. The lowest BCUT2D eigenvalue weighted by atomic mass is 10.1. The van der Waals surface area contributed by atoms with Gasteiger partial charge in [0.05, 0.1) is 6.61 Å². The quantitative estimate of drug-likeness (QED) is 0.858. The molecular formula is C19H24N4O2. The van der Waals surface area contributed by atoms with Gasteiger partial charge in [-0.25, -0.2) is 4.98 Å². The topological polar surface area (TPSA) is 68.7 Å². The van der Waals surface area contributed by atoms with Crippen LogP contribution in [0, 0.1) is 0 Å². The summed E-state index contributed by atoms with van der Waals surface area (Å²) in [4.78, 5) is 21.4. The molecule has 1 aromatic heterocycles. The highest BCUT2D eigenvalue weighted by Crippen LogP contribution is 2.15. The first-order chi connectivity index (χ1) is 12.2. The van der Waals surface area contributed by atoms with Crippen molar-refractivity contribution in [1.29, 1.82) is 0 Å². The van der Waals surface area contributed by atoms with E-state index < -0.39 is 0 Å². The van der Waals surface area contributed by atoms with E-state index in [9.17, 15) is 9.90 Å². The van der Waals surface area contributed by atoms with Crippen LogP contribution in [0.2, 0.25) is 0 Å². The zero-order valence-electron chi connectivity index (χ0n) is 14.5. The molecule has 0 saturated carbocycles. The second-order valence-electron chi connectivity index (χ2n) is 6.30. The molecule has 25 heavy (non-hydrogen) atoms. The number of piperazine rings is 1. The molecule has 1 aliphatic heterocycles. The van der Waals surface area contributed by atoms with Crippen molar-refractivity contribution >= 4 is 11.7 Å². The number of rotatable bonds is 5. The van der Waals surface area contributed by atoms with Crippen LogP contribution in [0.1, 0.15) is 21.5 Å². The van der Waals surface area contributed by atoms with Crippen molar-refractivity contribution in [2.75, 3.05) is 38.1 Å². The Kier molecular flexibility index (Phi) is 5.63. The minimum absolute atomic E-state index is 0.0329. The molecule has 2 aromatic rings. The highest BCUT2D eigenvalue weighted by Gasteiger charge is 2.16. The van der Waals surface area contributed by atoms with Crippen LogP contribution >= 0.6 is 0 Å². The predicted molar refractivity (Wildman–Crippen MR) is 97.5 cm³/mol. The molecule has 3 rings (SSSR count). The summed E-state index contributed by atoms with van der Waals surface area (Å²) in [6.45, 7) is 4.18. The molecule has 132 valence electrons. The molecule has 1 saturated heterocycles. The summed E-state index contributed by atoms with van der Waals surface area (Å²) in [5.74, 6) is 0.710. The summed E-state index contributed by atoms with van der Waals surface area (Å²) in [5, 5.41) is 12.3. The Bertz CT molecular complexity index is 727. The van der Waals surface area contributed by atoms with E-state index in [4.69, 9.17) is 0 Å². The third-order valence-corrected chi connectivity index (χ3v) is 4.56. The summed E-state index contributed by atoms with van der Waals surface area (Å²) < 4.78 is 0. The number of aromatic nitrogens is 1. The number of carbonyl (C=O) groups is 1. The van der Waals surface area contributed by atoms with Gasteiger partial charge in [0.2, 0.25) is 0 Å². The number of hydrogen-bond acceptors (Lipinski definition) is 5. The van der Waals surface area contributed by atoms with E-state index in [0.717, 1.165) is 43.1 Å². The van der Waals surface area contributed by atoms with Crippen molar-refractivity contribution in [2.24, 2.45) is 0 Å². The summed E-state index contributed by atoms with van der Waals surface area (Å²) >= 11 is 0. The zero-order chi connectivity index (χ0) is 17.6. The number of aliphatic hydroxyl groups excluding tert-OH is 1. The Morgan fingerprint density at radius 2 is 1.88 bits per heavy atom. The van der Waals surface area contributed by atoms with Gasteiger partial charge in [0.15, 0.2) is 0 Å². The van der Waals surface area contributed by atoms with Gasteiger partial charge in [-0.2, -0.15) is 0 Å². The number of nitrogens with one attached hydrogen (secondary N) is 1. The maximum atomic E-state index is 12.5. The average Bonchev–Trinajstić information content (AvgIpc) is 2.67. The Hall–Kier alpha value is -2.44. The Morgan fingerprint density at radius 1 is 1.16 bits per heavy atom. The standard InChI is InChI=1S/C19H24N4O2/c1-22-8-10-23(11-9-22)18-12-15(6-7-20-18)19(25)21-13-16-4-2-3-5-17(16)14-24/h2-7,12,24H,8-11,13-14H2,1H3,(H,21,25). The highest BCUT2D eigenvalue weighted by molar-refractivity contribution is 5.94. The smallest absolute Gasteiger partial charge is 0.251 e. The van der Waals surface area contributed by atoms with Crippen molar-refractivity contribution in [3.8, 4) is 0 Å². The first-order valence-corrected chi connectivity index (χ1v) is 8.53. The molecule has 2 N–H and O–H groups in total. The fourth-order valence-corrected chi connectivity index (χ4v) is 2.93. The van der Waals surface area contributed by atoms with Gasteiger partial charge < -0.3 is 20.2 Å². The number of likely N-dealkylation sites (N-methyl/N-ethyl adjacent to an activating group) is 1. The number of carbonyl (C=O) groups excluding carboxylic acids is 1. The van der Waals surface area contributed by atoms with Crippen LogP contribution < -0.4 is 10.2 Å². The van der Waals surface area contributed by atoms with Gasteiger partial charge in [0.25, 0.3) is 5.91 Å². The van der Waals surface area contributed by atoms with Crippen LogP contribution in [-0.2, 0) is 13.2 Å². The molecule has 6 heteroatoms. The monoisotopic (exact) mass is 340 g/mol. The van der Waals surface area contributed by atoms with Gasteiger partial charge in [-0.3, -0.25) is 4.79 Å². The molecule has 6 nitrogen and oxygen atoms in total. The third-order valence-electron chi connectivity index (χ3n) is 4.56. The predicted octanol–water partition coefficient (Wildman–Crippen LogP) is 1.26. The number of benzene rings is 1. The molecule has 0 atom stereocenters. The number of hydrogen-bond donors (Lipinski definition) is 2. The first-order valence-electron chi connectivity index (χ1n) is 8.53. The lowest BCUT2D eigenvalue weighted by Gasteiger charge is -2.33. The van der Waals surface area contributed by atoms with Crippen LogP contribution in [0.15, 0.2) is 42.6 Å². The maximum absolute atomic E-state index is 12.5. The van der Waals surface area contributed by atoms with Crippen molar-refractivity contribution < 1.29 is 9.90 Å². The summed E-state index contributed by atoms with van der Waals surface area (Å²) in [7, 11) is 2.11. The summed E-state index contributed by atoms with van der Waals surface area (Å²) in [5.41, 5.74) is 2.35. The van der Waals surface area contributed by atoms with Gasteiger partial charge in [0, 0.05) is 44.5 Å². The molecule has 0 aliphatic carbocycles. The average molecular weight is 340 g/mol. The molecule has 1 fully saturated rings. The van der Waals surface area contributed by atoms with Crippen LogP contribution in [0.25, 0.3) is 0 Å². The molecule has 1 aromatic carbocycles. The van der Waals surface area contributed by atoms with E-state index in [1.165, 1.54) is 0 Å². The number of amides is 1. The fraction of sp³-hybridized carbons (Fsp3) is 0.368. The van der Waals surface area contributed by atoms with Gasteiger partial charge in [-0.05, 0) is 30.3 Å². The largest absolute Gasteiger partial charge is 0.392 e. The Morgan fingerprint density at radius 3 is 2.60 bits per heavy atom. The number of aliphatic hydroxyl groups is 1. The second-order valence-corrected chi connectivity index (χ2v) is 6.30. The van der Waals surface area contributed by atoms with Crippen molar-refractivity contribution in [2.45, 2.75) is 13.2 Å². The van der Waals surface area contributed by atoms with E-state index in [1.54, 1.807) is 12.3 Å². The van der Waals surface area contributed by atoms with E-state index in [2.05, 4.69) is 27.1 Å². The SMILES string of the molecule is CN1CCN(c2cc(C(=O)NCc3ccccc3CO)ccn2)CC1. The number of pyridine rings is 1. The Balaban J connectivity index is 1.65. The number of anilines is 1. The molecule has 0 radical (unpaired) electrons. The lowest BCUT2D eigenvalue weighted by molar-refractivity contribution is 0.0950. The zero-order valence-corrected chi connectivity index (χ0v) is 14.5. The van der Waals surface area contributed by atoms with Gasteiger partial charge in [-0.1, -0.05) is 24.3 Å². The molecule has 0 bridgehead atoms.